The van der Waals surface area contributed by atoms with E-state index >= 15 is 0 Å². The largest absolute Gasteiger partial charge is 0.507 e. The Morgan fingerprint density at radius 2 is 1.61 bits per heavy atom. The van der Waals surface area contributed by atoms with E-state index in [1.165, 1.54) is 6.07 Å². The molecule has 0 atom stereocenters. The molecule has 0 fully saturated rings. The van der Waals surface area contributed by atoms with Gasteiger partial charge in [-0.2, -0.15) is 0 Å². The summed E-state index contributed by atoms with van der Waals surface area (Å²) < 4.78 is 17.5. The number of aromatic hydroxyl groups is 2. The van der Waals surface area contributed by atoms with E-state index < -0.39 is 0 Å². The maximum Gasteiger partial charge on any atom is 0.204 e. The van der Waals surface area contributed by atoms with Crippen molar-refractivity contribution in [3.05, 3.63) is 46.1 Å². The predicted octanol–water partition coefficient (Wildman–Crippen LogP) is 6.11. The lowest BCUT2D eigenvalue weighted by Gasteiger charge is -2.18. The Bertz CT molecular complexity index is 1220. The molecule has 33 heavy (non-hydrogen) atoms. The van der Waals surface area contributed by atoms with Gasteiger partial charge in [-0.05, 0) is 37.5 Å². The van der Waals surface area contributed by atoms with Gasteiger partial charge in [0, 0.05) is 23.3 Å². The van der Waals surface area contributed by atoms with E-state index in [9.17, 15) is 15.0 Å². The highest BCUT2D eigenvalue weighted by atomic mass is 16.5. The fraction of sp³-hybridized carbons (Fsp3) is 0.444. The average molecular weight is 455 g/mol. The SMILES string of the molecule is C=CCOc1cc2oc3cc(O)c(CCC(C)C)c(O)c3c(=O)c2c(CCC(C)C)c1OC. The topological polar surface area (TPSA) is 89.1 Å². The third kappa shape index (κ3) is 4.95. The lowest BCUT2D eigenvalue weighted by molar-refractivity contribution is 0.324. The van der Waals surface area contributed by atoms with Crippen LogP contribution in [0.5, 0.6) is 23.0 Å². The van der Waals surface area contributed by atoms with E-state index in [0.29, 0.717) is 58.3 Å². The molecule has 0 radical (unpaired) electrons. The number of aryl methyl sites for hydroxylation is 1. The number of phenolic OH excluding ortho intramolecular Hbond substituents is 2. The van der Waals surface area contributed by atoms with Crippen LogP contribution in [0, 0.1) is 11.8 Å². The highest BCUT2D eigenvalue weighted by Crippen LogP contribution is 2.41. The number of rotatable bonds is 10. The molecule has 0 saturated heterocycles. The molecule has 6 nitrogen and oxygen atoms in total. The number of benzene rings is 2. The molecule has 0 unspecified atom stereocenters. The second-order valence-electron chi connectivity index (χ2n) is 9.25. The second-order valence-corrected chi connectivity index (χ2v) is 9.25. The first-order chi connectivity index (χ1) is 15.7. The van der Waals surface area contributed by atoms with Crippen LogP contribution in [0.15, 0.2) is 34.0 Å². The molecule has 0 aliphatic heterocycles. The first-order valence-corrected chi connectivity index (χ1v) is 11.5. The van der Waals surface area contributed by atoms with Gasteiger partial charge in [0.15, 0.2) is 11.5 Å². The first kappa shape index (κ1) is 24.5. The number of fused-ring (bicyclic) bond motifs is 2. The zero-order valence-corrected chi connectivity index (χ0v) is 20.2. The van der Waals surface area contributed by atoms with Crippen molar-refractivity contribution in [3.63, 3.8) is 0 Å². The molecule has 0 bridgehead atoms. The molecule has 0 spiro atoms. The van der Waals surface area contributed by atoms with Gasteiger partial charge in [0.25, 0.3) is 0 Å². The Morgan fingerprint density at radius 3 is 2.18 bits per heavy atom. The van der Waals surface area contributed by atoms with Gasteiger partial charge < -0.3 is 24.1 Å². The number of hydrogen-bond donors (Lipinski definition) is 2. The summed E-state index contributed by atoms with van der Waals surface area (Å²) in [5.74, 6) is 1.42. The third-order valence-electron chi connectivity index (χ3n) is 5.83. The van der Waals surface area contributed by atoms with Crippen LogP contribution in [0.1, 0.15) is 51.7 Å². The fourth-order valence-corrected chi connectivity index (χ4v) is 4.04. The fourth-order valence-electron chi connectivity index (χ4n) is 4.04. The van der Waals surface area contributed by atoms with Crippen molar-refractivity contribution in [2.45, 2.75) is 53.4 Å². The van der Waals surface area contributed by atoms with E-state index in [4.69, 9.17) is 13.9 Å². The Balaban J connectivity index is 2.37. The highest BCUT2D eigenvalue weighted by molar-refractivity contribution is 5.97. The van der Waals surface area contributed by atoms with Crippen molar-refractivity contribution in [2.24, 2.45) is 11.8 Å². The van der Waals surface area contributed by atoms with Crippen LogP contribution >= 0.6 is 0 Å². The Kier molecular flexibility index (Phi) is 7.57. The average Bonchev–Trinajstić information content (AvgIpc) is 2.74. The van der Waals surface area contributed by atoms with E-state index in [-0.39, 0.29) is 34.5 Å². The lowest BCUT2D eigenvalue weighted by Crippen LogP contribution is -2.10. The molecule has 2 N–H and O–H groups in total. The van der Waals surface area contributed by atoms with Gasteiger partial charge in [0.05, 0.1) is 12.5 Å². The smallest absolute Gasteiger partial charge is 0.204 e. The summed E-state index contributed by atoms with van der Waals surface area (Å²) in [5, 5.41) is 22.0. The van der Waals surface area contributed by atoms with Crippen LogP contribution in [-0.2, 0) is 12.8 Å². The van der Waals surface area contributed by atoms with Crippen LogP contribution in [0.4, 0.5) is 0 Å². The lowest BCUT2D eigenvalue weighted by atomic mass is 9.95. The van der Waals surface area contributed by atoms with Gasteiger partial charge in [0.1, 0.15) is 34.7 Å². The summed E-state index contributed by atoms with van der Waals surface area (Å²) in [7, 11) is 1.54. The second kappa shape index (κ2) is 10.2. The van der Waals surface area contributed by atoms with Crippen molar-refractivity contribution >= 4 is 21.9 Å². The third-order valence-corrected chi connectivity index (χ3v) is 5.83. The van der Waals surface area contributed by atoms with Crippen molar-refractivity contribution in [2.75, 3.05) is 13.7 Å². The molecule has 178 valence electrons. The number of phenols is 2. The minimum atomic E-state index is -0.345. The summed E-state index contributed by atoms with van der Waals surface area (Å²) in [6.45, 7) is 12.3. The Labute approximate surface area is 194 Å². The van der Waals surface area contributed by atoms with Crippen molar-refractivity contribution < 1.29 is 24.1 Å². The summed E-state index contributed by atoms with van der Waals surface area (Å²) in [5.41, 5.74) is 1.16. The maximum atomic E-state index is 13.8. The number of hydrogen-bond acceptors (Lipinski definition) is 6. The Hall–Kier alpha value is -3.15. The molecule has 0 aliphatic rings. The molecule has 6 heteroatoms. The quantitative estimate of drug-likeness (QED) is 0.284. The maximum absolute atomic E-state index is 13.8. The number of ether oxygens (including phenoxy) is 2. The minimum absolute atomic E-state index is 0.0756. The molecule has 3 aromatic rings. The summed E-state index contributed by atoms with van der Waals surface area (Å²) >= 11 is 0. The summed E-state index contributed by atoms with van der Waals surface area (Å²) in [4.78, 5) is 13.8. The van der Waals surface area contributed by atoms with Crippen LogP contribution in [-0.4, -0.2) is 23.9 Å². The molecule has 2 aromatic carbocycles. The summed E-state index contributed by atoms with van der Waals surface area (Å²) in [6.07, 6.45) is 4.26. The van der Waals surface area contributed by atoms with Crippen LogP contribution in [0.25, 0.3) is 21.9 Å². The highest BCUT2D eigenvalue weighted by Gasteiger charge is 2.24. The molecular formula is C27H34O6. The molecule has 0 aliphatic carbocycles. The zero-order chi connectivity index (χ0) is 24.3. The van der Waals surface area contributed by atoms with Crippen molar-refractivity contribution in [1.82, 2.24) is 0 Å². The normalized spacial score (nSPS) is 11.6. The van der Waals surface area contributed by atoms with Crippen molar-refractivity contribution in [1.29, 1.82) is 0 Å². The van der Waals surface area contributed by atoms with E-state index in [0.717, 1.165) is 12.8 Å². The van der Waals surface area contributed by atoms with Gasteiger partial charge >= 0.3 is 0 Å². The van der Waals surface area contributed by atoms with Gasteiger partial charge in [0.2, 0.25) is 5.43 Å². The molecule has 1 aromatic heterocycles. The van der Waals surface area contributed by atoms with Gasteiger partial charge in [-0.15, -0.1) is 0 Å². The van der Waals surface area contributed by atoms with Crippen molar-refractivity contribution in [3.8, 4) is 23.0 Å². The van der Waals surface area contributed by atoms with Gasteiger partial charge in [-0.1, -0.05) is 40.3 Å². The van der Waals surface area contributed by atoms with Gasteiger partial charge in [-0.25, -0.2) is 0 Å². The molecule has 0 amide bonds. The molecule has 1 heterocycles. The molecule has 3 rings (SSSR count). The number of methoxy groups -OCH3 is 1. The molecular weight excluding hydrogens is 420 g/mol. The van der Waals surface area contributed by atoms with E-state index in [2.05, 4.69) is 34.3 Å². The van der Waals surface area contributed by atoms with Crippen LogP contribution in [0.3, 0.4) is 0 Å². The predicted molar refractivity (Wildman–Crippen MR) is 132 cm³/mol. The van der Waals surface area contributed by atoms with Gasteiger partial charge in [-0.3, -0.25) is 4.79 Å². The van der Waals surface area contributed by atoms with Crippen LogP contribution < -0.4 is 14.9 Å². The molecule has 0 saturated carbocycles. The first-order valence-electron chi connectivity index (χ1n) is 11.5. The standard InChI is InChI=1S/C27H34O6/c1-7-12-32-22-14-21-23(18(27(22)31-6)11-9-16(4)5)26(30)24-20(33-21)13-19(28)17(25(24)29)10-8-15(2)3/h7,13-16,28-29H,1,8-12H2,2-6H3. The van der Waals surface area contributed by atoms with Crippen LogP contribution in [0.2, 0.25) is 0 Å². The summed E-state index contributed by atoms with van der Waals surface area (Å²) in [6, 6.07) is 3.03. The minimum Gasteiger partial charge on any atom is -0.507 e. The Morgan fingerprint density at radius 1 is 1.00 bits per heavy atom. The van der Waals surface area contributed by atoms with E-state index in [1.54, 1.807) is 19.3 Å². The van der Waals surface area contributed by atoms with E-state index in [1.807, 2.05) is 0 Å². The zero-order valence-electron chi connectivity index (χ0n) is 20.2. The monoisotopic (exact) mass is 454 g/mol.